The Morgan fingerprint density at radius 3 is 2.52 bits per heavy atom. The number of pyridine rings is 3. The maximum absolute atomic E-state index is 4.68. The SMILES string of the molecule is C=Cc1ccc2cccnc2c1/N=C\Cc1ccc(-c2ccccn2)nc1. The van der Waals surface area contributed by atoms with Crippen molar-refractivity contribution in [1.29, 1.82) is 0 Å². The van der Waals surface area contributed by atoms with Gasteiger partial charge < -0.3 is 0 Å². The summed E-state index contributed by atoms with van der Waals surface area (Å²) in [6.07, 6.45) is 9.82. The Kier molecular flexibility index (Phi) is 4.79. The van der Waals surface area contributed by atoms with Gasteiger partial charge in [-0.1, -0.05) is 43.0 Å². The fourth-order valence-electron chi connectivity index (χ4n) is 2.90. The lowest BCUT2D eigenvalue weighted by Gasteiger charge is -2.05. The van der Waals surface area contributed by atoms with Gasteiger partial charge in [0.25, 0.3) is 0 Å². The monoisotopic (exact) mass is 350 g/mol. The second-order valence-electron chi connectivity index (χ2n) is 6.07. The fourth-order valence-corrected chi connectivity index (χ4v) is 2.90. The summed E-state index contributed by atoms with van der Waals surface area (Å²) < 4.78 is 0. The van der Waals surface area contributed by atoms with Gasteiger partial charge in [0, 0.05) is 42.2 Å². The third-order valence-electron chi connectivity index (χ3n) is 4.30. The first-order chi connectivity index (χ1) is 13.3. The van der Waals surface area contributed by atoms with Gasteiger partial charge in [0.15, 0.2) is 0 Å². The smallest absolute Gasteiger partial charge is 0.0964 e. The average Bonchev–Trinajstić information content (AvgIpc) is 2.75. The maximum Gasteiger partial charge on any atom is 0.0964 e. The van der Waals surface area contributed by atoms with Gasteiger partial charge in [-0.25, -0.2) is 0 Å². The summed E-state index contributed by atoms with van der Waals surface area (Å²) in [6, 6.07) is 17.9. The lowest BCUT2D eigenvalue weighted by atomic mass is 10.1. The third-order valence-corrected chi connectivity index (χ3v) is 4.30. The first kappa shape index (κ1) is 16.8. The molecule has 0 aliphatic rings. The van der Waals surface area contributed by atoms with Crippen molar-refractivity contribution < 1.29 is 0 Å². The normalized spacial score (nSPS) is 11.1. The molecule has 0 radical (unpaired) electrons. The minimum absolute atomic E-state index is 0.690. The summed E-state index contributed by atoms with van der Waals surface area (Å²) in [5.74, 6) is 0. The van der Waals surface area contributed by atoms with E-state index in [4.69, 9.17) is 0 Å². The minimum atomic E-state index is 0.690. The lowest BCUT2D eigenvalue weighted by molar-refractivity contribution is 1.20. The van der Waals surface area contributed by atoms with Crippen LogP contribution in [0.4, 0.5) is 5.69 Å². The standard InChI is InChI=1S/C23H18N4/c1-2-18-9-10-19-6-5-14-25-23(19)22(18)26-15-12-17-8-11-21(27-16-17)20-7-3-4-13-24-20/h2-11,13-16H,1,12H2/b26-15-. The van der Waals surface area contributed by atoms with Crippen LogP contribution in [0.15, 0.2) is 84.8 Å². The molecule has 0 N–H and O–H groups in total. The summed E-state index contributed by atoms with van der Waals surface area (Å²) in [7, 11) is 0. The fraction of sp³-hybridized carbons (Fsp3) is 0.0435. The largest absolute Gasteiger partial charge is 0.258 e. The molecule has 130 valence electrons. The van der Waals surface area contributed by atoms with Crippen molar-refractivity contribution in [3.8, 4) is 11.4 Å². The lowest BCUT2D eigenvalue weighted by Crippen LogP contribution is -1.91. The molecule has 0 bridgehead atoms. The Hall–Kier alpha value is -3.66. The van der Waals surface area contributed by atoms with E-state index >= 15 is 0 Å². The van der Waals surface area contributed by atoms with Crippen LogP contribution in [0.25, 0.3) is 28.4 Å². The van der Waals surface area contributed by atoms with Crippen LogP contribution in [0.2, 0.25) is 0 Å². The summed E-state index contributed by atoms with van der Waals surface area (Å²) in [5.41, 5.74) is 5.53. The van der Waals surface area contributed by atoms with Crippen LogP contribution in [-0.4, -0.2) is 21.2 Å². The number of rotatable bonds is 5. The van der Waals surface area contributed by atoms with Crippen molar-refractivity contribution in [3.63, 3.8) is 0 Å². The molecule has 4 rings (SSSR count). The molecule has 4 nitrogen and oxygen atoms in total. The number of nitrogens with zero attached hydrogens (tertiary/aromatic N) is 4. The molecule has 0 atom stereocenters. The maximum atomic E-state index is 4.68. The van der Waals surface area contributed by atoms with Gasteiger partial charge in [-0.2, -0.15) is 0 Å². The molecule has 0 saturated heterocycles. The summed E-state index contributed by atoms with van der Waals surface area (Å²) in [6.45, 7) is 3.89. The van der Waals surface area contributed by atoms with E-state index in [-0.39, 0.29) is 0 Å². The van der Waals surface area contributed by atoms with Crippen molar-refractivity contribution in [3.05, 3.63) is 90.9 Å². The molecular weight excluding hydrogens is 332 g/mol. The van der Waals surface area contributed by atoms with Gasteiger partial charge in [-0.3, -0.25) is 19.9 Å². The topological polar surface area (TPSA) is 51.0 Å². The highest BCUT2D eigenvalue weighted by Gasteiger charge is 2.05. The predicted molar refractivity (Wildman–Crippen MR) is 111 cm³/mol. The molecule has 0 unspecified atom stereocenters. The van der Waals surface area contributed by atoms with E-state index in [1.54, 1.807) is 12.4 Å². The highest BCUT2D eigenvalue weighted by Crippen LogP contribution is 2.29. The first-order valence-corrected chi connectivity index (χ1v) is 8.74. The van der Waals surface area contributed by atoms with Crippen LogP contribution < -0.4 is 0 Å². The second-order valence-corrected chi connectivity index (χ2v) is 6.07. The van der Waals surface area contributed by atoms with E-state index in [1.807, 2.05) is 67.0 Å². The molecule has 0 amide bonds. The zero-order chi connectivity index (χ0) is 18.5. The van der Waals surface area contributed by atoms with E-state index in [0.29, 0.717) is 6.42 Å². The van der Waals surface area contributed by atoms with E-state index in [2.05, 4.69) is 32.6 Å². The van der Waals surface area contributed by atoms with Crippen LogP contribution >= 0.6 is 0 Å². The van der Waals surface area contributed by atoms with Crippen LogP contribution in [0.1, 0.15) is 11.1 Å². The van der Waals surface area contributed by atoms with Crippen molar-refractivity contribution in [2.45, 2.75) is 6.42 Å². The van der Waals surface area contributed by atoms with E-state index < -0.39 is 0 Å². The number of fused-ring (bicyclic) bond motifs is 1. The molecule has 27 heavy (non-hydrogen) atoms. The number of hydrogen-bond donors (Lipinski definition) is 0. The number of aromatic nitrogens is 3. The molecule has 0 fully saturated rings. The molecule has 3 aromatic heterocycles. The summed E-state index contributed by atoms with van der Waals surface area (Å²) in [5, 5.41) is 1.07. The van der Waals surface area contributed by atoms with E-state index in [9.17, 15) is 0 Å². The van der Waals surface area contributed by atoms with Gasteiger partial charge in [0.2, 0.25) is 0 Å². The average molecular weight is 350 g/mol. The molecule has 0 aliphatic heterocycles. The Bertz CT molecular complexity index is 1100. The van der Waals surface area contributed by atoms with Crippen LogP contribution in [-0.2, 0) is 6.42 Å². The zero-order valence-electron chi connectivity index (χ0n) is 14.8. The van der Waals surface area contributed by atoms with Gasteiger partial charge in [-0.15, -0.1) is 0 Å². The quantitative estimate of drug-likeness (QED) is 0.460. The second kappa shape index (κ2) is 7.70. The Balaban J connectivity index is 1.56. The Labute approximate surface area is 158 Å². The van der Waals surface area contributed by atoms with Gasteiger partial charge in [0.1, 0.15) is 0 Å². The molecule has 1 aromatic carbocycles. The van der Waals surface area contributed by atoms with Gasteiger partial charge >= 0.3 is 0 Å². The van der Waals surface area contributed by atoms with E-state index in [0.717, 1.165) is 39.1 Å². The number of hydrogen-bond acceptors (Lipinski definition) is 4. The third kappa shape index (κ3) is 3.65. The molecule has 4 aromatic rings. The van der Waals surface area contributed by atoms with Crippen molar-refractivity contribution in [2.75, 3.05) is 0 Å². The first-order valence-electron chi connectivity index (χ1n) is 8.74. The predicted octanol–water partition coefficient (Wildman–Crippen LogP) is 5.28. The molecule has 0 aliphatic carbocycles. The zero-order valence-corrected chi connectivity index (χ0v) is 14.8. The Morgan fingerprint density at radius 1 is 0.852 bits per heavy atom. The van der Waals surface area contributed by atoms with Crippen LogP contribution in [0.3, 0.4) is 0 Å². The van der Waals surface area contributed by atoms with Crippen molar-refractivity contribution >= 4 is 28.9 Å². The van der Waals surface area contributed by atoms with Crippen LogP contribution in [0, 0.1) is 0 Å². The number of aliphatic imine (C=N–C) groups is 1. The number of benzene rings is 1. The highest BCUT2D eigenvalue weighted by atomic mass is 14.8. The van der Waals surface area contributed by atoms with Gasteiger partial charge in [-0.05, 0) is 29.8 Å². The summed E-state index contributed by atoms with van der Waals surface area (Å²) >= 11 is 0. The van der Waals surface area contributed by atoms with Crippen molar-refractivity contribution in [1.82, 2.24) is 15.0 Å². The molecule has 3 heterocycles. The highest BCUT2D eigenvalue weighted by molar-refractivity contribution is 5.94. The van der Waals surface area contributed by atoms with Crippen molar-refractivity contribution in [2.24, 2.45) is 4.99 Å². The molecular formula is C23H18N4. The van der Waals surface area contributed by atoms with Crippen LogP contribution in [0.5, 0.6) is 0 Å². The van der Waals surface area contributed by atoms with E-state index in [1.165, 1.54) is 0 Å². The molecule has 4 heteroatoms. The molecule has 0 spiro atoms. The summed E-state index contributed by atoms with van der Waals surface area (Å²) in [4.78, 5) is 18.0. The molecule has 0 saturated carbocycles. The van der Waals surface area contributed by atoms with Gasteiger partial charge in [0.05, 0.1) is 22.6 Å². The minimum Gasteiger partial charge on any atom is -0.258 e. The Morgan fingerprint density at radius 2 is 1.74 bits per heavy atom.